The monoisotopic (exact) mass is 496 g/mol. The van der Waals surface area contributed by atoms with Gasteiger partial charge in [-0.05, 0) is 64.1 Å². The minimum atomic E-state index is -0.985. The van der Waals surface area contributed by atoms with E-state index in [9.17, 15) is 14.4 Å². The Kier molecular flexibility index (Phi) is 6.00. The number of benzene rings is 2. The number of ether oxygens (including phenoxy) is 1. The van der Waals surface area contributed by atoms with Crippen LogP contribution in [0.25, 0.3) is 5.82 Å². The third-order valence-corrected chi connectivity index (χ3v) is 6.24. The predicted octanol–water partition coefficient (Wildman–Crippen LogP) is 4.00. The van der Waals surface area contributed by atoms with Crippen molar-refractivity contribution in [3.05, 3.63) is 89.3 Å². The molecule has 2 aromatic carbocycles. The van der Waals surface area contributed by atoms with E-state index < -0.39 is 23.8 Å². The molecule has 0 radical (unpaired) electrons. The quantitative estimate of drug-likeness (QED) is 0.401. The van der Waals surface area contributed by atoms with E-state index in [1.165, 1.54) is 6.92 Å². The summed E-state index contributed by atoms with van der Waals surface area (Å²) in [5.41, 5.74) is 2.98. The zero-order valence-electron chi connectivity index (χ0n) is 20.7. The molecule has 1 atom stereocenters. The molecular weight excluding hydrogens is 472 g/mol. The Bertz CT molecular complexity index is 1510. The molecular formula is C27H24N6O4. The van der Waals surface area contributed by atoms with Crippen LogP contribution in [0.3, 0.4) is 0 Å². The molecule has 3 heterocycles. The molecule has 0 fully saturated rings. The van der Waals surface area contributed by atoms with Gasteiger partial charge in [-0.25, -0.2) is 9.97 Å². The number of hydrogen-bond acceptors (Lipinski definition) is 7. The average Bonchev–Trinajstić information content (AvgIpc) is 3.35. The maximum Gasteiger partial charge on any atom is 0.262 e. The summed E-state index contributed by atoms with van der Waals surface area (Å²) in [4.78, 5) is 52.3. The van der Waals surface area contributed by atoms with E-state index in [0.717, 1.165) is 16.3 Å². The van der Waals surface area contributed by atoms with Gasteiger partial charge in [0, 0.05) is 17.4 Å². The van der Waals surface area contributed by atoms with Crippen molar-refractivity contribution >= 4 is 23.4 Å². The fourth-order valence-electron chi connectivity index (χ4n) is 4.08. The van der Waals surface area contributed by atoms with Crippen molar-refractivity contribution in [2.75, 3.05) is 5.32 Å². The molecule has 10 heteroatoms. The van der Waals surface area contributed by atoms with Crippen LogP contribution in [0.5, 0.6) is 11.6 Å². The zero-order valence-corrected chi connectivity index (χ0v) is 20.7. The molecule has 1 aliphatic heterocycles. The third-order valence-electron chi connectivity index (χ3n) is 6.24. The molecule has 10 nitrogen and oxygen atoms in total. The van der Waals surface area contributed by atoms with Gasteiger partial charge in [-0.1, -0.05) is 12.1 Å². The summed E-state index contributed by atoms with van der Waals surface area (Å²) in [6.07, 6.45) is 1.71. The second-order valence-corrected chi connectivity index (χ2v) is 8.71. The highest BCUT2D eigenvalue weighted by Crippen LogP contribution is 2.26. The van der Waals surface area contributed by atoms with Gasteiger partial charge in [-0.2, -0.15) is 4.98 Å². The number of carbonyl (C=O) groups excluding carboxylic acids is 3. The van der Waals surface area contributed by atoms with Gasteiger partial charge in [0.25, 0.3) is 11.8 Å². The van der Waals surface area contributed by atoms with Crippen LogP contribution in [-0.2, 0) is 4.79 Å². The van der Waals surface area contributed by atoms with E-state index in [1.807, 2.05) is 18.4 Å². The average molecular weight is 497 g/mol. The van der Waals surface area contributed by atoms with E-state index in [1.54, 1.807) is 67.8 Å². The lowest BCUT2D eigenvalue weighted by molar-refractivity contribution is -0.119. The predicted molar refractivity (Wildman–Crippen MR) is 135 cm³/mol. The number of rotatable bonds is 6. The molecule has 0 saturated heterocycles. The van der Waals surface area contributed by atoms with Gasteiger partial charge < -0.3 is 10.1 Å². The number of hydrogen-bond donors (Lipinski definition) is 1. The van der Waals surface area contributed by atoms with Crippen LogP contribution in [0.4, 0.5) is 5.69 Å². The number of anilines is 1. The van der Waals surface area contributed by atoms with E-state index >= 15 is 0 Å². The first-order valence-corrected chi connectivity index (χ1v) is 11.6. The molecule has 1 aliphatic rings. The SMILES string of the molecule is Cc1nc(Oc2ccc(NC(=O)C(C)N3C(=O)c4ccccc4C3=O)cc2)cc(-n2cnc(C)c2C)n1. The van der Waals surface area contributed by atoms with Crippen LogP contribution < -0.4 is 10.1 Å². The fourth-order valence-corrected chi connectivity index (χ4v) is 4.08. The first kappa shape index (κ1) is 23.9. The number of amides is 3. The summed E-state index contributed by atoms with van der Waals surface area (Å²) >= 11 is 0. The summed E-state index contributed by atoms with van der Waals surface area (Å²) in [7, 11) is 0. The van der Waals surface area contributed by atoms with Gasteiger partial charge in [0.15, 0.2) is 0 Å². The van der Waals surface area contributed by atoms with Crippen molar-refractivity contribution < 1.29 is 19.1 Å². The summed E-state index contributed by atoms with van der Waals surface area (Å²) in [5.74, 6) is 0.625. The van der Waals surface area contributed by atoms with Crippen LogP contribution in [0.15, 0.2) is 60.9 Å². The highest BCUT2D eigenvalue weighted by atomic mass is 16.5. The first-order chi connectivity index (χ1) is 17.7. The molecule has 186 valence electrons. The topological polar surface area (TPSA) is 119 Å². The Balaban J connectivity index is 1.27. The molecule has 0 saturated carbocycles. The van der Waals surface area contributed by atoms with Crippen LogP contribution in [0, 0.1) is 20.8 Å². The second kappa shape index (κ2) is 9.30. The number of imidazole rings is 1. The van der Waals surface area contributed by atoms with Crippen LogP contribution in [0.2, 0.25) is 0 Å². The summed E-state index contributed by atoms with van der Waals surface area (Å²) in [5, 5.41) is 2.75. The fraction of sp³-hybridized carbons (Fsp3) is 0.185. The molecule has 2 aromatic heterocycles. The van der Waals surface area contributed by atoms with Crippen molar-refractivity contribution in [1.82, 2.24) is 24.4 Å². The maximum absolute atomic E-state index is 12.8. The third kappa shape index (κ3) is 4.44. The second-order valence-electron chi connectivity index (χ2n) is 8.71. The molecule has 1 unspecified atom stereocenters. The van der Waals surface area contributed by atoms with Crippen LogP contribution in [-0.4, -0.2) is 48.2 Å². The Morgan fingerprint density at radius 3 is 2.19 bits per heavy atom. The van der Waals surface area contributed by atoms with Crippen LogP contribution in [0.1, 0.15) is 44.9 Å². The summed E-state index contributed by atoms with van der Waals surface area (Å²) in [6, 6.07) is 14.0. The van der Waals surface area contributed by atoms with E-state index in [0.29, 0.717) is 40.1 Å². The van der Waals surface area contributed by atoms with Crippen molar-refractivity contribution in [2.45, 2.75) is 33.7 Å². The van der Waals surface area contributed by atoms with Crippen molar-refractivity contribution in [1.29, 1.82) is 0 Å². The molecule has 4 aromatic rings. The zero-order chi connectivity index (χ0) is 26.3. The molecule has 0 spiro atoms. The molecule has 0 aliphatic carbocycles. The minimum Gasteiger partial charge on any atom is -0.439 e. The van der Waals surface area contributed by atoms with Gasteiger partial charge in [-0.15, -0.1) is 0 Å². The van der Waals surface area contributed by atoms with Gasteiger partial charge in [0.2, 0.25) is 11.8 Å². The maximum atomic E-state index is 12.8. The largest absolute Gasteiger partial charge is 0.439 e. The lowest BCUT2D eigenvalue weighted by Gasteiger charge is -2.21. The van der Waals surface area contributed by atoms with Gasteiger partial charge in [0.1, 0.15) is 29.8 Å². The summed E-state index contributed by atoms with van der Waals surface area (Å²) in [6.45, 7) is 7.19. The van der Waals surface area contributed by atoms with Crippen LogP contribution >= 0.6 is 0 Å². The number of aromatic nitrogens is 4. The lowest BCUT2D eigenvalue weighted by Crippen LogP contribution is -2.45. The van der Waals surface area contributed by atoms with Crippen molar-refractivity contribution in [3.63, 3.8) is 0 Å². The van der Waals surface area contributed by atoms with Gasteiger partial charge in [0.05, 0.1) is 16.8 Å². The normalized spacial score (nSPS) is 13.5. The Morgan fingerprint density at radius 2 is 1.59 bits per heavy atom. The smallest absolute Gasteiger partial charge is 0.262 e. The Morgan fingerprint density at radius 1 is 0.946 bits per heavy atom. The molecule has 37 heavy (non-hydrogen) atoms. The van der Waals surface area contributed by atoms with Gasteiger partial charge in [-0.3, -0.25) is 23.9 Å². The number of imide groups is 1. The number of aryl methyl sites for hydroxylation is 2. The Hall–Kier alpha value is -4.86. The highest BCUT2D eigenvalue weighted by molar-refractivity contribution is 6.23. The molecule has 5 rings (SSSR count). The first-order valence-electron chi connectivity index (χ1n) is 11.6. The Labute approximate surface area is 213 Å². The van der Waals surface area contributed by atoms with E-state index in [4.69, 9.17) is 4.74 Å². The molecule has 1 N–H and O–H groups in total. The number of nitrogens with one attached hydrogen (secondary N) is 1. The van der Waals surface area contributed by atoms with Gasteiger partial charge >= 0.3 is 0 Å². The number of nitrogens with zero attached hydrogens (tertiary/aromatic N) is 5. The minimum absolute atomic E-state index is 0.301. The standard InChI is InChI=1S/C27H24N6O4/c1-15-16(2)32(14-28-15)23-13-24(30-18(4)29-23)37-20-11-9-19(10-12-20)31-25(34)17(3)33-26(35)21-7-5-6-8-22(21)27(33)36/h5-14,17H,1-4H3,(H,31,34). The lowest BCUT2D eigenvalue weighted by atomic mass is 10.1. The highest BCUT2D eigenvalue weighted by Gasteiger charge is 2.40. The number of fused-ring (bicyclic) bond motifs is 1. The van der Waals surface area contributed by atoms with Crippen molar-refractivity contribution in [2.24, 2.45) is 0 Å². The van der Waals surface area contributed by atoms with Crippen molar-refractivity contribution in [3.8, 4) is 17.4 Å². The molecule has 3 amide bonds. The molecule has 0 bridgehead atoms. The van der Waals surface area contributed by atoms with E-state index in [-0.39, 0.29) is 0 Å². The number of carbonyl (C=O) groups is 3. The summed E-state index contributed by atoms with van der Waals surface area (Å²) < 4.78 is 7.79. The van der Waals surface area contributed by atoms with E-state index in [2.05, 4.69) is 20.3 Å².